The number of carbonyl (C=O) groups excluding carboxylic acids is 2. The van der Waals surface area contributed by atoms with Gasteiger partial charge in [0, 0.05) is 20.6 Å². The van der Waals surface area contributed by atoms with Crippen LogP contribution in [-0.2, 0) is 14.6 Å². The van der Waals surface area contributed by atoms with Crippen LogP contribution < -0.4 is 10.6 Å². The first-order chi connectivity index (χ1) is 16.4. The number of carbonyl (C=O) groups is 2. The lowest BCUT2D eigenvalue weighted by molar-refractivity contribution is -0.115. The SMILES string of the molecule is CCC(C(=O)Nc1cc(O)c(NC(=O)c2cc(Br)c(C)c(Br)c2)cc1Cl)S(=O)(=O)c1ccccc1. The van der Waals surface area contributed by atoms with Gasteiger partial charge in [-0.1, -0.05) is 68.6 Å². The lowest BCUT2D eigenvalue weighted by atomic mass is 10.1. The van der Waals surface area contributed by atoms with Gasteiger partial charge in [0.25, 0.3) is 5.91 Å². The van der Waals surface area contributed by atoms with Gasteiger partial charge in [-0.15, -0.1) is 0 Å². The maximum absolute atomic E-state index is 12.9. The van der Waals surface area contributed by atoms with Gasteiger partial charge >= 0.3 is 0 Å². The highest BCUT2D eigenvalue weighted by Gasteiger charge is 2.33. The monoisotopic (exact) mass is 642 g/mol. The van der Waals surface area contributed by atoms with Crippen LogP contribution in [0.4, 0.5) is 11.4 Å². The topological polar surface area (TPSA) is 113 Å². The number of nitrogens with one attached hydrogen (secondary N) is 2. The number of amides is 2. The van der Waals surface area contributed by atoms with Crippen LogP contribution in [-0.4, -0.2) is 30.6 Å². The largest absolute Gasteiger partial charge is 0.506 e. The lowest BCUT2D eigenvalue weighted by Crippen LogP contribution is -2.34. The fourth-order valence-corrected chi connectivity index (χ4v) is 6.30. The van der Waals surface area contributed by atoms with E-state index in [4.69, 9.17) is 11.6 Å². The molecule has 11 heteroatoms. The van der Waals surface area contributed by atoms with Crippen molar-refractivity contribution < 1.29 is 23.1 Å². The summed E-state index contributed by atoms with van der Waals surface area (Å²) in [7, 11) is -3.94. The summed E-state index contributed by atoms with van der Waals surface area (Å²) in [6.07, 6.45) is 0.0302. The van der Waals surface area contributed by atoms with Crippen molar-refractivity contribution in [1.29, 1.82) is 0 Å². The third-order valence-corrected chi connectivity index (χ3v) is 9.43. The van der Waals surface area contributed by atoms with Crippen molar-refractivity contribution in [1.82, 2.24) is 0 Å². The molecule has 0 aromatic heterocycles. The predicted octanol–water partition coefficient (Wildman–Crippen LogP) is 6.32. The molecular formula is C24H21Br2ClN2O5S. The van der Waals surface area contributed by atoms with Gasteiger partial charge in [0.1, 0.15) is 11.0 Å². The molecule has 0 saturated carbocycles. The van der Waals surface area contributed by atoms with E-state index in [2.05, 4.69) is 42.5 Å². The Hall–Kier alpha value is -2.40. The molecule has 3 aromatic rings. The van der Waals surface area contributed by atoms with E-state index in [-0.39, 0.29) is 33.5 Å². The molecule has 35 heavy (non-hydrogen) atoms. The number of sulfone groups is 1. The van der Waals surface area contributed by atoms with E-state index in [9.17, 15) is 23.1 Å². The van der Waals surface area contributed by atoms with E-state index in [1.807, 2.05) is 6.92 Å². The minimum Gasteiger partial charge on any atom is -0.506 e. The van der Waals surface area contributed by atoms with Gasteiger partial charge < -0.3 is 15.7 Å². The van der Waals surface area contributed by atoms with E-state index in [0.717, 1.165) is 20.6 Å². The average Bonchev–Trinajstić information content (AvgIpc) is 2.81. The third-order valence-electron chi connectivity index (χ3n) is 5.24. The van der Waals surface area contributed by atoms with Crippen LogP contribution in [0.1, 0.15) is 29.3 Å². The molecule has 0 fully saturated rings. The lowest BCUT2D eigenvalue weighted by Gasteiger charge is -2.17. The highest BCUT2D eigenvalue weighted by molar-refractivity contribution is 9.11. The number of phenols is 1. The molecule has 1 atom stereocenters. The first-order valence-corrected chi connectivity index (χ1v) is 13.9. The zero-order valence-corrected chi connectivity index (χ0v) is 23.3. The number of hydrogen-bond acceptors (Lipinski definition) is 5. The van der Waals surface area contributed by atoms with Gasteiger partial charge in [0.05, 0.1) is 21.3 Å². The van der Waals surface area contributed by atoms with Crippen LogP contribution in [0.15, 0.2) is 68.4 Å². The molecule has 7 nitrogen and oxygen atoms in total. The smallest absolute Gasteiger partial charge is 0.255 e. The number of hydrogen-bond donors (Lipinski definition) is 3. The van der Waals surface area contributed by atoms with Crippen molar-refractivity contribution in [3.05, 3.63) is 79.7 Å². The number of anilines is 2. The summed E-state index contributed by atoms with van der Waals surface area (Å²) in [4.78, 5) is 25.6. The fourth-order valence-electron chi connectivity index (χ4n) is 3.26. The molecule has 3 N–H and O–H groups in total. The van der Waals surface area contributed by atoms with Gasteiger partial charge in [0.15, 0.2) is 9.84 Å². The van der Waals surface area contributed by atoms with Crippen molar-refractivity contribution in [3.8, 4) is 5.75 Å². The van der Waals surface area contributed by atoms with Crippen molar-refractivity contribution in [2.45, 2.75) is 30.4 Å². The van der Waals surface area contributed by atoms with E-state index in [1.165, 1.54) is 18.2 Å². The quantitative estimate of drug-likeness (QED) is 0.261. The molecule has 0 aliphatic carbocycles. The minimum absolute atomic E-state index is 0.00433. The van der Waals surface area contributed by atoms with Gasteiger partial charge in [-0.3, -0.25) is 9.59 Å². The minimum atomic E-state index is -3.94. The van der Waals surface area contributed by atoms with Crippen molar-refractivity contribution >= 4 is 76.5 Å². The second kappa shape index (κ2) is 11.1. The number of rotatable bonds is 7. The second-order valence-electron chi connectivity index (χ2n) is 7.61. The summed E-state index contributed by atoms with van der Waals surface area (Å²) in [6, 6.07) is 13.4. The Labute approximate surface area is 225 Å². The molecule has 0 aliphatic rings. The number of halogens is 3. The molecule has 0 spiro atoms. The van der Waals surface area contributed by atoms with Crippen LogP contribution in [0.5, 0.6) is 5.75 Å². The Kier molecular flexibility index (Phi) is 8.63. The third kappa shape index (κ3) is 6.06. The molecule has 184 valence electrons. The van der Waals surface area contributed by atoms with Crippen molar-refractivity contribution in [3.63, 3.8) is 0 Å². The standard InChI is InChI=1S/C24H21Br2ClN2O5S/c1-3-22(35(33,34)15-7-5-4-6-8-15)24(32)28-19-12-21(30)20(11-18(19)27)29-23(31)14-9-16(25)13(2)17(26)10-14/h4-12,22,30H,3H2,1-2H3,(H,28,32)(H,29,31). The number of aromatic hydroxyl groups is 1. The first-order valence-electron chi connectivity index (χ1n) is 10.3. The van der Waals surface area contributed by atoms with E-state index in [0.29, 0.717) is 5.56 Å². The van der Waals surface area contributed by atoms with E-state index < -0.39 is 26.9 Å². The van der Waals surface area contributed by atoms with E-state index >= 15 is 0 Å². The molecule has 0 heterocycles. The Morgan fingerprint density at radius 1 is 1.00 bits per heavy atom. The normalized spacial score (nSPS) is 12.1. The van der Waals surface area contributed by atoms with Crippen LogP contribution in [0.3, 0.4) is 0 Å². The molecular weight excluding hydrogens is 624 g/mol. The average molecular weight is 645 g/mol. The first kappa shape index (κ1) is 27.2. The molecule has 0 radical (unpaired) electrons. The van der Waals surface area contributed by atoms with E-state index in [1.54, 1.807) is 37.3 Å². The highest BCUT2D eigenvalue weighted by atomic mass is 79.9. The number of phenolic OH excluding ortho intramolecular Hbond substituents is 1. The molecule has 2 amide bonds. The summed E-state index contributed by atoms with van der Waals surface area (Å²) < 4.78 is 27.3. The summed E-state index contributed by atoms with van der Waals surface area (Å²) >= 11 is 13.1. The second-order valence-corrected chi connectivity index (χ2v) is 11.9. The van der Waals surface area contributed by atoms with Gasteiger partial charge in [-0.2, -0.15) is 0 Å². The fraction of sp³-hybridized carbons (Fsp3) is 0.167. The maximum Gasteiger partial charge on any atom is 0.255 e. The summed E-state index contributed by atoms with van der Waals surface area (Å²) in [5, 5.41) is 14.1. The summed E-state index contributed by atoms with van der Waals surface area (Å²) in [5.74, 6) is -1.64. The summed E-state index contributed by atoms with van der Waals surface area (Å²) in [5.41, 5.74) is 1.29. The summed E-state index contributed by atoms with van der Waals surface area (Å²) in [6.45, 7) is 3.47. The molecule has 3 rings (SSSR count). The van der Waals surface area contributed by atoms with Gasteiger partial charge in [-0.25, -0.2) is 8.42 Å². The molecule has 0 aliphatic heterocycles. The van der Waals surface area contributed by atoms with Gasteiger partial charge in [-0.05, 0) is 49.2 Å². The predicted molar refractivity (Wildman–Crippen MR) is 144 cm³/mol. The van der Waals surface area contributed by atoms with Gasteiger partial charge in [0.2, 0.25) is 5.91 Å². The Bertz CT molecular complexity index is 1380. The maximum atomic E-state index is 12.9. The Morgan fingerprint density at radius 2 is 1.60 bits per heavy atom. The molecule has 0 saturated heterocycles. The zero-order chi connectivity index (χ0) is 25.9. The number of benzene rings is 3. The van der Waals surface area contributed by atoms with Crippen molar-refractivity contribution in [2.75, 3.05) is 10.6 Å². The Balaban J connectivity index is 1.82. The van der Waals surface area contributed by atoms with Crippen LogP contribution in [0, 0.1) is 6.92 Å². The zero-order valence-electron chi connectivity index (χ0n) is 18.6. The van der Waals surface area contributed by atoms with Crippen LogP contribution in [0.25, 0.3) is 0 Å². The van der Waals surface area contributed by atoms with Crippen LogP contribution >= 0.6 is 43.5 Å². The molecule has 3 aromatic carbocycles. The Morgan fingerprint density at radius 3 is 2.17 bits per heavy atom. The molecule has 1 unspecified atom stereocenters. The molecule has 0 bridgehead atoms. The van der Waals surface area contributed by atoms with Crippen LogP contribution in [0.2, 0.25) is 5.02 Å². The highest BCUT2D eigenvalue weighted by Crippen LogP contribution is 2.35. The van der Waals surface area contributed by atoms with Crippen molar-refractivity contribution in [2.24, 2.45) is 0 Å².